The summed E-state index contributed by atoms with van der Waals surface area (Å²) >= 11 is 0. The molecule has 0 bridgehead atoms. The Bertz CT molecular complexity index is 531. The SMILES string of the molecule is CCC1=C=C(c2noc(C3CC3)n2)C=CC1N. The first-order chi connectivity index (χ1) is 8.28. The summed E-state index contributed by atoms with van der Waals surface area (Å²) in [6.07, 6.45) is 7.10. The van der Waals surface area contributed by atoms with Crippen molar-refractivity contribution in [1.29, 1.82) is 0 Å². The van der Waals surface area contributed by atoms with Crippen molar-refractivity contribution >= 4 is 5.57 Å². The molecule has 3 rings (SSSR count). The van der Waals surface area contributed by atoms with Gasteiger partial charge in [0.2, 0.25) is 11.7 Å². The molecule has 0 spiro atoms. The van der Waals surface area contributed by atoms with Gasteiger partial charge in [-0.3, -0.25) is 0 Å². The maximum Gasteiger partial charge on any atom is 0.230 e. The van der Waals surface area contributed by atoms with Crippen LogP contribution in [0.25, 0.3) is 5.57 Å². The molecule has 1 heterocycles. The first kappa shape index (κ1) is 10.5. The lowest BCUT2D eigenvalue weighted by Crippen LogP contribution is -2.20. The summed E-state index contributed by atoms with van der Waals surface area (Å²) in [7, 11) is 0. The van der Waals surface area contributed by atoms with Gasteiger partial charge in [-0.1, -0.05) is 18.2 Å². The van der Waals surface area contributed by atoms with Gasteiger partial charge < -0.3 is 10.3 Å². The van der Waals surface area contributed by atoms with Gasteiger partial charge in [-0.2, -0.15) is 4.98 Å². The zero-order valence-electron chi connectivity index (χ0n) is 9.81. The lowest BCUT2D eigenvalue weighted by Gasteiger charge is -2.11. The molecule has 1 atom stereocenters. The largest absolute Gasteiger partial charge is 0.339 e. The second-order valence-corrected chi connectivity index (χ2v) is 4.53. The maximum atomic E-state index is 5.93. The molecule has 1 saturated carbocycles. The fourth-order valence-electron chi connectivity index (χ4n) is 1.91. The number of rotatable bonds is 3. The van der Waals surface area contributed by atoms with Gasteiger partial charge in [0.15, 0.2) is 0 Å². The van der Waals surface area contributed by atoms with E-state index in [0.717, 1.165) is 36.3 Å². The summed E-state index contributed by atoms with van der Waals surface area (Å²) in [4.78, 5) is 4.41. The molecule has 0 aromatic carbocycles. The molecule has 17 heavy (non-hydrogen) atoms. The summed E-state index contributed by atoms with van der Waals surface area (Å²) in [5.74, 6) is 1.87. The summed E-state index contributed by atoms with van der Waals surface area (Å²) in [5, 5.41) is 4.00. The van der Waals surface area contributed by atoms with Crippen LogP contribution in [0.2, 0.25) is 0 Å². The molecular weight excluding hydrogens is 214 g/mol. The van der Waals surface area contributed by atoms with Crippen molar-refractivity contribution in [2.75, 3.05) is 0 Å². The number of allylic oxidation sites excluding steroid dienone is 1. The molecule has 0 amide bonds. The Morgan fingerprint density at radius 1 is 1.53 bits per heavy atom. The quantitative estimate of drug-likeness (QED) is 0.807. The standard InChI is InChI=1S/C13H15N3O/c1-2-8-7-10(5-6-11(8)14)12-15-13(17-16-12)9-3-4-9/h5-6,9,11H,2-4,14H2,1H3. The van der Waals surface area contributed by atoms with E-state index in [1.807, 2.05) is 12.2 Å². The third-order valence-electron chi connectivity index (χ3n) is 3.16. The van der Waals surface area contributed by atoms with Crippen molar-refractivity contribution < 1.29 is 4.52 Å². The molecule has 2 aliphatic rings. The van der Waals surface area contributed by atoms with Crippen molar-refractivity contribution in [1.82, 2.24) is 10.1 Å². The Balaban J connectivity index is 1.97. The van der Waals surface area contributed by atoms with E-state index in [2.05, 4.69) is 22.8 Å². The van der Waals surface area contributed by atoms with Crippen molar-refractivity contribution in [2.24, 2.45) is 5.73 Å². The average Bonchev–Trinajstić information content (AvgIpc) is 3.08. The highest BCUT2D eigenvalue weighted by molar-refractivity contribution is 5.71. The van der Waals surface area contributed by atoms with Crippen LogP contribution < -0.4 is 5.73 Å². The molecule has 1 aromatic heterocycles. The monoisotopic (exact) mass is 229 g/mol. The Labute approximate surface area is 99.9 Å². The molecule has 4 nitrogen and oxygen atoms in total. The molecule has 2 aliphatic carbocycles. The van der Waals surface area contributed by atoms with Crippen LogP contribution in [0.5, 0.6) is 0 Å². The van der Waals surface area contributed by atoms with E-state index in [1.165, 1.54) is 0 Å². The number of nitrogens with zero attached hydrogens (tertiary/aromatic N) is 2. The lowest BCUT2D eigenvalue weighted by molar-refractivity contribution is 0.377. The van der Waals surface area contributed by atoms with Crippen LogP contribution in [0.15, 0.2) is 28.0 Å². The number of hydrogen-bond donors (Lipinski definition) is 1. The third kappa shape index (κ3) is 1.97. The van der Waals surface area contributed by atoms with Gasteiger partial charge in [-0.15, -0.1) is 5.73 Å². The number of nitrogens with two attached hydrogens (primary N) is 1. The predicted octanol–water partition coefficient (Wildman–Crippen LogP) is 2.16. The van der Waals surface area contributed by atoms with E-state index in [9.17, 15) is 0 Å². The molecule has 1 unspecified atom stereocenters. The molecule has 0 saturated heterocycles. The van der Waals surface area contributed by atoms with Crippen molar-refractivity contribution in [3.8, 4) is 0 Å². The van der Waals surface area contributed by atoms with Crippen LogP contribution in [-0.4, -0.2) is 16.2 Å². The molecule has 0 radical (unpaired) electrons. The van der Waals surface area contributed by atoms with Crippen LogP contribution in [0.4, 0.5) is 0 Å². The zero-order chi connectivity index (χ0) is 11.8. The highest BCUT2D eigenvalue weighted by Gasteiger charge is 2.30. The van der Waals surface area contributed by atoms with Crippen LogP contribution in [-0.2, 0) is 0 Å². The average molecular weight is 229 g/mol. The maximum absolute atomic E-state index is 5.93. The van der Waals surface area contributed by atoms with Crippen molar-refractivity contribution in [3.05, 3.63) is 35.2 Å². The molecule has 4 heteroatoms. The minimum atomic E-state index is -0.0291. The van der Waals surface area contributed by atoms with Gasteiger partial charge >= 0.3 is 0 Å². The van der Waals surface area contributed by atoms with E-state index in [4.69, 9.17) is 10.3 Å². The van der Waals surface area contributed by atoms with E-state index in [0.29, 0.717) is 11.7 Å². The molecule has 88 valence electrons. The Morgan fingerprint density at radius 3 is 3.06 bits per heavy atom. The van der Waals surface area contributed by atoms with E-state index >= 15 is 0 Å². The summed E-state index contributed by atoms with van der Waals surface area (Å²) in [6, 6.07) is -0.0291. The van der Waals surface area contributed by atoms with Crippen LogP contribution in [0.1, 0.15) is 43.8 Å². The third-order valence-corrected chi connectivity index (χ3v) is 3.16. The smallest absolute Gasteiger partial charge is 0.230 e. The Hall–Kier alpha value is -1.64. The Kier molecular flexibility index (Phi) is 2.46. The summed E-state index contributed by atoms with van der Waals surface area (Å²) in [5.41, 5.74) is 11.2. The van der Waals surface area contributed by atoms with Crippen LogP contribution in [0.3, 0.4) is 0 Å². The molecule has 2 N–H and O–H groups in total. The van der Waals surface area contributed by atoms with E-state index in [1.54, 1.807) is 0 Å². The zero-order valence-corrected chi connectivity index (χ0v) is 9.81. The molecular formula is C13H15N3O. The Morgan fingerprint density at radius 2 is 2.35 bits per heavy atom. The molecule has 1 aromatic rings. The van der Waals surface area contributed by atoms with E-state index < -0.39 is 0 Å². The van der Waals surface area contributed by atoms with Gasteiger partial charge in [-0.05, 0) is 30.9 Å². The summed E-state index contributed by atoms with van der Waals surface area (Å²) in [6.45, 7) is 2.07. The lowest BCUT2D eigenvalue weighted by atomic mass is 9.99. The molecule has 0 aliphatic heterocycles. The van der Waals surface area contributed by atoms with Crippen molar-refractivity contribution in [3.63, 3.8) is 0 Å². The normalized spacial score (nSPS) is 23.5. The summed E-state index contributed by atoms with van der Waals surface area (Å²) < 4.78 is 5.24. The highest BCUT2D eigenvalue weighted by atomic mass is 16.5. The molecule has 1 fully saturated rings. The topological polar surface area (TPSA) is 64.9 Å². The van der Waals surface area contributed by atoms with Crippen LogP contribution >= 0.6 is 0 Å². The first-order valence-corrected chi connectivity index (χ1v) is 6.05. The van der Waals surface area contributed by atoms with Crippen molar-refractivity contribution in [2.45, 2.75) is 38.1 Å². The minimum absolute atomic E-state index is 0.0291. The minimum Gasteiger partial charge on any atom is -0.339 e. The van der Waals surface area contributed by atoms with Gasteiger partial charge in [0, 0.05) is 5.92 Å². The predicted molar refractivity (Wildman–Crippen MR) is 64.1 cm³/mol. The second-order valence-electron chi connectivity index (χ2n) is 4.53. The van der Waals surface area contributed by atoms with Gasteiger partial charge in [0.1, 0.15) is 0 Å². The first-order valence-electron chi connectivity index (χ1n) is 6.05. The number of hydrogen-bond acceptors (Lipinski definition) is 4. The fraction of sp³-hybridized carbons (Fsp3) is 0.462. The van der Waals surface area contributed by atoms with Gasteiger partial charge in [0.25, 0.3) is 0 Å². The van der Waals surface area contributed by atoms with Crippen LogP contribution in [0, 0.1) is 0 Å². The second kappa shape index (κ2) is 3.99. The van der Waals surface area contributed by atoms with Gasteiger partial charge in [-0.25, -0.2) is 0 Å². The fourth-order valence-corrected chi connectivity index (χ4v) is 1.91. The van der Waals surface area contributed by atoms with Gasteiger partial charge in [0.05, 0.1) is 11.6 Å². The highest BCUT2D eigenvalue weighted by Crippen LogP contribution is 2.39. The number of aromatic nitrogens is 2. The van der Waals surface area contributed by atoms with E-state index in [-0.39, 0.29) is 6.04 Å².